The van der Waals surface area contributed by atoms with Crippen LogP contribution < -0.4 is 5.73 Å². The highest BCUT2D eigenvalue weighted by Crippen LogP contribution is 2.49. The molecule has 15 heteroatoms. The maximum atomic E-state index is 16.3. The minimum Gasteiger partial charge on any atom is -0.414 e. The summed E-state index contributed by atoms with van der Waals surface area (Å²) >= 11 is 0. The Hall–Kier alpha value is -1.66. The summed E-state index contributed by atoms with van der Waals surface area (Å²) in [6.45, 7) is 16.4. The maximum Gasteiger partial charge on any atom is 0.451 e. The van der Waals surface area contributed by atoms with Gasteiger partial charge in [0.1, 0.15) is 17.7 Å². The van der Waals surface area contributed by atoms with Crippen LogP contribution in [-0.4, -0.2) is 61.6 Å². The van der Waals surface area contributed by atoms with Gasteiger partial charge in [0.2, 0.25) is 5.82 Å². The average molecular weight is 580 g/mol. The topological polar surface area (TPSA) is 107 Å². The molecule has 2 fully saturated rings. The molecule has 0 spiro atoms. The van der Waals surface area contributed by atoms with Crippen molar-refractivity contribution in [3.8, 4) is 0 Å². The number of nitrogens with two attached hydrogens (primary N) is 1. The molecule has 4 rings (SSSR count). The van der Waals surface area contributed by atoms with Gasteiger partial charge in [0.05, 0.1) is 12.9 Å². The van der Waals surface area contributed by atoms with Gasteiger partial charge in [-0.2, -0.15) is 13.2 Å². The molecule has 38 heavy (non-hydrogen) atoms. The van der Waals surface area contributed by atoms with Crippen LogP contribution in [0.5, 0.6) is 0 Å². The minimum atomic E-state index is -4.84. The molecule has 2 aliphatic heterocycles. The number of nitrogens with zero attached hydrogens (tertiary/aromatic N) is 4. The Kier molecular flexibility index (Phi) is 7.77. The van der Waals surface area contributed by atoms with Gasteiger partial charge in [-0.1, -0.05) is 55.4 Å². The summed E-state index contributed by atoms with van der Waals surface area (Å²) in [4.78, 5) is 11.0. The maximum absolute atomic E-state index is 16.3. The van der Waals surface area contributed by atoms with E-state index in [4.69, 9.17) is 23.4 Å². The van der Waals surface area contributed by atoms with E-state index in [1.54, 1.807) is 0 Å². The van der Waals surface area contributed by atoms with E-state index in [0.717, 1.165) is 4.57 Å². The van der Waals surface area contributed by atoms with Gasteiger partial charge < -0.3 is 23.4 Å². The Bertz CT molecular complexity index is 1150. The lowest BCUT2D eigenvalue weighted by molar-refractivity contribution is -0.144. The third-order valence-corrected chi connectivity index (χ3v) is 17.8. The molecular formula is C23H37F4N5O4Si2. The minimum absolute atomic E-state index is 0.0302. The second-order valence-corrected chi connectivity index (χ2v) is 20.2. The van der Waals surface area contributed by atoms with Crippen LogP contribution in [0.2, 0.25) is 22.2 Å². The van der Waals surface area contributed by atoms with E-state index in [2.05, 4.69) is 42.6 Å². The highest BCUT2D eigenvalue weighted by Gasteiger charge is 2.62. The lowest BCUT2D eigenvalue weighted by Gasteiger charge is -2.51. The molecule has 0 aromatic carbocycles. The van der Waals surface area contributed by atoms with E-state index in [1.807, 2.05) is 27.7 Å². The average Bonchev–Trinajstić information content (AvgIpc) is 3.33. The highest BCUT2D eigenvalue weighted by atomic mass is 28.5. The summed E-state index contributed by atoms with van der Waals surface area (Å²) in [6, 6.07) is 0. The summed E-state index contributed by atoms with van der Waals surface area (Å²) in [6.07, 6.45) is -8.66. The Balaban J connectivity index is 1.80. The van der Waals surface area contributed by atoms with E-state index >= 15 is 4.39 Å². The first-order valence-electron chi connectivity index (χ1n) is 12.9. The Morgan fingerprint density at radius 3 is 2.08 bits per heavy atom. The van der Waals surface area contributed by atoms with Gasteiger partial charge in [-0.25, -0.2) is 19.3 Å². The quantitative estimate of drug-likeness (QED) is 0.359. The fourth-order valence-electron chi connectivity index (χ4n) is 5.58. The first kappa shape index (κ1) is 29.3. The molecule has 2 N–H and O–H groups in total. The van der Waals surface area contributed by atoms with Gasteiger partial charge in [-0.15, -0.1) is 0 Å². The van der Waals surface area contributed by atoms with Gasteiger partial charge in [0.25, 0.3) is 0 Å². The van der Waals surface area contributed by atoms with Crippen molar-refractivity contribution in [1.82, 2.24) is 19.5 Å². The Morgan fingerprint density at radius 2 is 1.55 bits per heavy atom. The fourth-order valence-corrected chi connectivity index (χ4v) is 16.8. The molecule has 0 saturated carbocycles. The predicted molar refractivity (Wildman–Crippen MR) is 137 cm³/mol. The number of halogens is 4. The molecule has 0 radical (unpaired) electrons. The summed E-state index contributed by atoms with van der Waals surface area (Å²) in [7, 11) is -6.00. The Labute approximate surface area is 221 Å². The zero-order chi connectivity index (χ0) is 28.4. The SMILES string of the molecule is CC(C)[Si]1(C(C)C)OC[C@H]2O[C@@H](n3cnc4c(N)nc(C(F)(F)F)nc43)C(F)[C@H]2O[Si](C(C)C)(C(C)C)O1. The van der Waals surface area contributed by atoms with Gasteiger partial charge in [0.15, 0.2) is 23.9 Å². The molecule has 4 atom stereocenters. The monoisotopic (exact) mass is 579 g/mol. The zero-order valence-electron chi connectivity index (χ0n) is 22.9. The molecule has 0 bridgehead atoms. The molecule has 2 aromatic heterocycles. The second-order valence-electron chi connectivity index (χ2n) is 11.3. The number of imidazole rings is 1. The standard InChI is InChI=1S/C23H37F4N5O4Si2/c1-11(2)37(12(3)4)33-9-15-18(35-38(36-37,13(5)6)14(7)8)16(24)21(34-15)32-10-29-17-19(28)30-22(23(25,26)27)31-20(17)32/h10-16,18,21H,9H2,1-8H3,(H2,28,30,31)/t15-,16?,18+,21-/m1/s1. The molecular weight excluding hydrogens is 542 g/mol. The number of anilines is 1. The lowest BCUT2D eigenvalue weighted by Crippen LogP contribution is -2.65. The Morgan fingerprint density at radius 1 is 0.974 bits per heavy atom. The van der Waals surface area contributed by atoms with Gasteiger partial charge in [0, 0.05) is 0 Å². The van der Waals surface area contributed by atoms with Crippen LogP contribution in [0, 0.1) is 0 Å². The third-order valence-electron chi connectivity index (χ3n) is 7.57. The highest BCUT2D eigenvalue weighted by molar-refractivity contribution is 6.84. The smallest absolute Gasteiger partial charge is 0.414 e. The van der Waals surface area contributed by atoms with Crippen LogP contribution >= 0.6 is 0 Å². The van der Waals surface area contributed by atoms with Gasteiger partial charge in [-0.3, -0.25) is 4.57 Å². The zero-order valence-corrected chi connectivity index (χ0v) is 24.9. The number of hydrogen-bond acceptors (Lipinski definition) is 8. The van der Waals surface area contributed by atoms with Crippen molar-refractivity contribution in [1.29, 1.82) is 0 Å². The molecule has 0 amide bonds. The van der Waals surface area contributed by atoms with Crippen molar-refractivity contribution >= 4 is 34.1 Å². The molecule has 2 aromatic rings. The molecule has 214 valence electrons. The van der Waals surface area contributed by atoms with Crippen molar-refractivity contribution < 1.29 is 35.3 Å². The normalized spacial score (nSPS) is 27.9. The van der Waals surface area contributed by atoms with Gasteiger partial charge in [-0.05, 0) is 22.2 Å². The number of aromatic nitrogens is 4. The van der Waals surface area contributed by atoms with E-state index in [1.165, 1.54) is 6.33 Å². The first-order valence-corrected chi connectivity index (χ1v) is 16.9. The van der Waals surface area contributed by atoms with Crippen LogP contribution in [0.4, 0.5) is 23.4 Å². The number of ether oxygens (including phenoxy) is 1. The van der Waals surface area contributed by atoms with E-state index in [0.29, 0.717) is 0 Å². The van der Waals surface area contributed by atoms with Crippen LogP contribution in [0.15, 0.2) is 6.33 Å². The van der Waals surface area contributed by atoms with Crippen molar-refractivity contribution in [3.63, 3.8) is 0 Å². The third kappa shape index (κ3) is 4.68. The summed E-state index contributed by atoms with van der Waals surface area (Å²) < 4.78 is 84.2. The molecule has 2 saturated heterocycles. The van der Waals surface area contributed by atoms with Crippen LogP contribution in [0.25, 0.3) is 11.2 Å². The van der Waals surface area contributed by atoms with E-state index < -0.39 is 59.5 Å². The van der Waals surface area contributed by atoms with Crippen LogP contribution in [0.1, 0.15) is 67.4 Å². The number of rotatable bonds is 5. The van der Waals surface area contributed by atoms with Gasteiger partial charge >= 0.3 is 23.3 Å². The molecule has 0 aliphatic carbocycles. The summed E-state index contributed by atoms with van der Waals surface area (Å²) in [5.41, 5.74) is 5.50. The molecule has 4 heterocycles. The molecule has 1 unspecified atom stereocenters. The number of fused-ring (bicyclic) bond motifs is 2. The summed E-state index contributed by atoms with van der Waals surface area (Å²) in [5, 5.41) is 0. The van der Waals surface area contributed by atoms with Crippen molar-refractivity contribution in [3.05, 3.63) is 12.2 Å². The molecule has 2 aliphatic rings. The first-order chi connectivity index (χ1) is 17.5. The summed E-state index contributed by atoms with van der Waals surface area (Å²) in [5.74, 6) is -1.89. The van der Waals surface area contributed by atoms with Crippen molar-refractivity contribution in [2.75, 3.05) is 12.3 Å². The molecule has 9 nitrogen and oxygen atoms in total. The number of alkyl halides is 4. The largest absolute Gasteiger partial charge is 0.451 e. The van der Waals surface area contributed by atoms with Crippen molar-refractivity contribution in [2.45, 2.75) is 108 Å². The van der Waals surface area contributed by atoms with Crippen LogP contribution in [0.3, 0.4) is 0 Å². The second kappa shape index (κ2) is 10.1. The van der Waals surface area contributed by atoms with Crippen LogP contribution in [-0.2, 0) is 23.9 Å². The number of nitrogen functional groups attached to an aromatic ring is 1. The van der Waals surface area contributed by atoms with E-state index in [-0.39, 0.29) is 39.9 Å². The van der Waals surface area contributed by atoms with E-state index in [9.17, 15) is 13.2 Å². The fraction of sp³-hybridized carbons (Fsp3) is 0.783. The lowest BCUT2D eigenvalue weighted by atomic mass is 10.1. The number of hydrogen-bond donors (Lipinski definition) is 1. The van der Waals surface area contributed by atoms with Crippen molar-refractivity contribution in [2.24, 2.45) is 0 Å². The predicted octanol–water partition coefficient (Wildman–Crippen LogP) is 5.62.